The third-order valence-electron chi connectivity index (χ3n) is 6.55. The van der Waals surface area contributed by atoms with Gasteiger partial charge in [-0.3, -0.25) is 4.79 Å². The summed E-state index contributed by atoms with van der Waals surface area (Å²) in [7, 11) is 0. The summed E-state index contributed by atoms with van der Waals surface area (Å²) in [5.41, 5.74) is -0.626. The largest absolute Gasteiger partial charge is 0.462 e. The van der Waals surface area contributed by atoms with Crippen LogP contribution in [0.5, 0.6) is 0 Å². The number of fused-ring (bicyclic) bond motifs is 2. The van der Waals surface area contributed by atoms with Crippen molar-refractivity contribution in [2.45, 2.75) is 65.0 Å². The first-order chi connectivity index (χ1) is 11.6. The van der Waals surface area contributed by atoms with Crippen LogP contribution in [0.2, 0.25) is 0 Å². The van der Waals surface area contributed by atoms with Gasteiger partial charge in [-0.25, -0.2) is 4.79 Å². The van der Waals surface area contributed by atoms with Crippen LogP contribution < -0.4 is 0 Å². The Morgan fingerprint density at radius 1 is 1.36 bits per heavy atom. The number of esters is 2. The zero-order valence-corrected chi connectivity index (χ0v) is 15.3. The minimum Gasteiger partial charge on any atom is -0.462 e. The van der Waals surface area contributed by atoms with Crippen molar-refractivity contribution in [3.05, 3.63) is 12.2 Å². The summed E-state index contributed by atoms with van der Waals surface area (Å²) in [4.78, 5) is 24.0. The lowest BCUT2D eigenvalue weighted by Crippen LogP contribution is -2.49. The smallest absolute Gasteiger partial charge is 0.334 e. The molecule has 3 fully saturated rings. The van der Waals surface area contributed by atoms with E-state index in [0.29, 0.717) is 12.8 Å². The van der Waals surface area contributed by atoms with Crippen molar-refractivity contribution in [2.75, 3.05) is 0 Å². The third kappa shape index (κ3) is 2.61. The lowest BCUT2D eigenvalue weighted by molar-refractivity contribution is -0.158. The van der Waals surface area contributed by atoms with E-state index in [1.807, 2.05) is 13.8 Å². The van der Waals surface area contributed by atoms with Gasteiger partial charge in [-0.15, -0.1) is 0 Å². The van der Waals surface area contributed by atoms with Crippen molar-refractivity contribution in [3.8, 4) is 0 Å². The second kappa shape index (κ2) is 6.09. The van der Waals surface area contributed by atoms with Crippen LogP contribution in [0.4, 0.5) is 0 Å². The maximum Gasteiger partial charge on any atom is 0.334 e. The Hall–Kier alpha value is -1.40. The Morgan fingerprint density at radius 3 is 2.60 bits per heavy atom. The first-order valence-corrected chi connectivity index (χ1v) is 9.05. The number of carbonyl (C=O) groups is 2. The molecule has 3 aliphatic rings. The van der Waals surface area contributed by atoms with Gasteiger partial charge in [0.2, 0.25) is 0 Å². The molecule has 0 spiro atoms. The van der Waals surface area contributed by atoms with Gasteiger partial charge < -0.3 is 19.7 Å². The molecule has 140 valence electrons. The molecule has 25 heavy (non-hydrogen) atoms. The summed E-state index contributed by atoms with van der Waals surface area (Å²) in [6.45, 7) is 11.2. The van der Waals surface area contributed by atoms with Gasteiger partial charge in [0.1, 0.15) is 12.2 Å². The number of rotatable bonds is 2. The summed E-state index contributed by atoms with van der Waals surface area (Å²) < 4.78 is 11.1. The molecule has 0 radical (unpaired) electrons. The van der Waals surface area contributed by atoms with Gasteiger partial charge in [0.15, 0.2) is 0 Å². The van der Waals surface area contributed by atoms with E-state index >= 15 is 0 Å². The molecule has 0 aromatic carbocycles. The highest BCUT2D eigenvalue weighted by molar-refractivity contribution is 5.91. The molecular weight excluding hydrogens is 324 g/mol. The average molecular weight is 352 g/mol. The highest BCUT2D eigenvalue weighted by Crippen LogP contribution is 2.57. The Labute approximate surface area is 148 Å². The number of aliphatic hydroxyl groups excluding tert-OH is 2. The monoisotopic (exact) mass is 352 g/mol. The van der Waals surface area contributed by atoms with Crippen LogP contribution in [0.1, 0.15) is 40.5 Å². The fourth-order valence-corrected chi connectivity index (χ4v) is 5.16. The Morgan fingerprint density at radius 2 is 2.00 bits per heavy atom. The van der Waals surface area contributed by atoms with Gasteiger partial charge in [-0.1, -0.05) is 34.3 Å². The van der Waals surface area contributed by atoms with Crippen molar-refractivity contribution < 1.29 is 29.3 Å². The van der Waals surface area contributed by atoms with Gasteiger partial charge in [0.05, 0.1) is 24.0 Å². The standard InChI is InChI=1S/C19H28O6/c1-8(2)17(22)25-12-7-13(20)19(5)15(12)9(3)6-11-14(16(19)21)10(4)18(23)24-11/h8-9,11-16,20-21H,4,6-7H2,1-3,5H3. The predicted molar refractivity (Wildman–Crippen MR) is 89.2 cm³/mol. The fraction of sp³-hybridized carbons (Fsp3) is 0.789. The molecule has 6 heteroatoms. The SMILES string of the molecule is C=C1C(=O)OC2CC(C)C3C(OC(=O)C(C)C)CC(O)C3(C)C(O)C12. The Balaban J connectivity index is 1.96. The van der Waals surface area contributed by atoms with Gasteiger partial charge in [-0.2, -0.15) is 0 Å². The summed E-state index contributed by atoms with van der Waals surface area (Å²) in [6, 6.07) is 0. The molecule has 8 atom stereocenters. The van der Waals surface area contributed by atoms with Crippen LogP contribution >= 0.6 is 0 Å². The fourth-order valence-electron chi connectivity index (χ4n) is 5.16. The molecule has 0 aromatic heterocycles. The molecule has 1 saturated heterocycles. The van der Waals surface area contributed by atoms with Gasteiger partial charge in [-0.05, 0) is 12.3 Å². The molecule has 2 aliphatic carbocycles. The maximum atomic E-state index is 12.1. The van der Waals surface area contributed by atoms with E-state index in [1.165, 1.54) is 0 Å². The minimum atomic E-state index is -0.982. The van der Waals surface area contributed by atoms with Gasteiger partial charge in [0, 0.05) is 23.3 Å². The highest BCUT2D eigenvalue weighted by atomic mass is 16.6. The summed E-state index contributed by atoms with van der Waals surface area (Å²) in [6.07, 6.45) is -1.87. The van der Waals surface area contributed by atoms with Crippen molar-refractivity contribution in [1.82, 2.24) is 0 Å². The predicted octanol–water partition coefficient (Wildman–Crippen LogP) is 1.44. The molecule has 1 aliphatic heterocycles. The van der Waals surface area contributed by atoms with Crippen molar-refractivity contribution in [3.63, 3.8) is 0 Å². The van der Waals surface area contributed by atoms with Gasteiger partial charge in [0.25, 0.3) is 0 Å². The number of ether oxygens (including phenoxy) is 2. The molecule has 0 bridgehead atoms. The van der Waals surface area contributed by atoms with Crippen LogP contribution in [0.15, 0.2) is 12.2 Å². The molecule has 8 unspecified atom stereocenters. The van der Waals surface area contributed by atoms with Crippen LogP contribution in [-0.4, -0.2) is 46.6 Å². The normalized spacial score (nSPS) is 46.4. The van der Waals surface area contributed by atoms with E-state index in [9.17, 15) is 19.8 Å². The summed E-state index contributed by atoms with van der Waals surface area (Å²) in [5.74, 6) is -1.76. The Kier molecular flexibility index (Phi) is 4.48. The molecule has 3 rings (SSSR count). The summed E-state index contributed by atoms with van der Waals surface area (Å²) >= 11 is 0. The van der Waals surface area contributed by atoms with Crippen molar-refractivity contribution >= 4 is 11.9 Å². The lowest BCUT2D eigenvalue weighted by Gasteiger charge is -2.41. The minimum absolute atomic E-state index is 0.00969. The second-order valence-electron chi connectivity index (χ2n) is 8.43. The van der Waals surface area contributed by atoms with Crippen molar-refractivity contribution in [2.24, 2.45) is 29.1 Å². The van der Waals surface area contributed by atoms with Crippen LogP contribution in [0.3, 0.4) is 0 Å². The molecule has 2 saturated carbocycles. The van der Waals surface area contributed by atoms with Crippen LogP contribution in [-0.2, 0) is 19.1 Å². The van der Waals surface area contributed by atoms with Crippen LogP contribution in [0, 0.1) is 29.1 Å². The van der Waals surface area contributed by atoms with E-state index in [4.69, 9.17) is 9.47 Å². The van der Waals surface area contributed by atoms with Crippen molar-refractivity contribution in [1.29, 1.82) is 0 Å². The van der Waals surface area contributed by atoms with E-state index in [1.54, 1.807) is 13.8 Å². The quantitative estimate of drug-likeness (QED) is 0.577. The zero-order valence-electron chi connectivity index (χ0n) is 15.3. The number of hydrogen-bond donors (Lipinski definition) is 2. The maximum absolute atomic E-state index is 12.1. The number of aliphatic hydroxyl groups is 2. The van der Waals surface area contributed by atoms with Crippen LogP contribution in [0.25, 0.3) is 0 Å². The first kappa shape index (κ1) is 18.4. The van der Waals surface area contributed by atoms with E-state index in [0.717, 1.165) is 0 Å². The molecule has 0 aromatic rings. The zero-order chi connectivity index (χ0) is 18.7. The molecule has 6 nitrogen and oxygen atoms in total. The third-order valence-corrected chi connectivity index (χ3v) is 6.55. The summed E-state index contributed by atoms with van der Waals surface area (Å²) in [5, 5.41) is 21.9. The number of carbonyl (C=O) groups excluding carboxylic acids is 2. The topological polar surface area (TPSA) is 93.1 Å². The van der Waals surface area contributed by atoms with Gasteiger partial charge >= 0.3 is 11.9 Å². The lowest BCUT2D eigenvalue weighted by atomic mass is 9.67. The molecule has 1 heterocycles. The van der Waals surface area contributed by atoms with E-state index < -0.39 is 41.7 Å². The molecule has 0 amide bonds. The molecule has 2 N–H and O–H groups in total. The first-order valence-electron chi connectivity index (χ1n) is 9.05. The second-order valence-corrected chi connectivity index (χ2v) is 8.43. The molecular formula is C19H28O6. The average Bonchev–Trinajstić information content (AvgIpc) is 2.90. The van der Waals surface area contributed by atoms with E-state index in [2.05, 4.69) is 6.58 Å². The Bertz CT molecular complexity index is 599. The highest BCUT2D eigenvalue weighted by Gasteiger charge is 2.64. The van der Waals surface area contributed by atoms with E-state index in [-0.39, 0.29) is 29.3 Å². The number of hydrogen-bond acceptors (Lipinski definition) is 6.